The Hall–Kier alpha value is -4.96. The molecule has 0 fully saturated rings. The van der Waals surface area contributed by atoms with Crippen molar-refractivity contribution in [3.05, 3.63) is 140 Å². The number of nitrogens with two attached hydrogens (primary N) is 2. The third-order valence-corrected chi connectivity index (χ3v) is 7.88. The summed E-state index contributed by atoms with van der Waals surface area (Å²) in [6, 6.07) is 33.2. The molecule has 0 radical (unpaired) electrons. The van der Waals surface area contributed by atoms with Gasteiger partial charge < -0.3 is 22.1 Å². The highest BCUT2D eigenvalue weighted by molar-refractivity contribution is 14.1. The molecule has 4 aromatic carbocycles. The lowest BCUT2D eigenvalue weighted by atomic mass is 10.1. The molecule has 0 bridgehead atoms. The minimum Gasteiger partial charge on any atom is -0.368 e. The zero-order valence-corrected chi connectivity index (χ0v) is 28.4. The number of hydrogen-bond donors (Lipinski definition) is 4. The van der Waals surface area contributed by atoms with E-state index >= 15 is 0 Å². The smallest absolute Gasteiger partial charge is 0.255 e. The van der Waals surface area contributed by atoms with Crippen LogP contribution in [0.3, 0.4) is 0 Å². The number of anilines is 4. The van der Waals surface area contributed by atoms with Gasteiger partial charge in [0, 0.05) is 53.2 Å². The molecule has 12 heteroatoms. The summed E-state index contributed by atoms with van der Waals surface area (Å²) < 4.78 is 2.18. The quantitative estimate of drug-likeness (QED) is 0.129. The van der Waals surface area contributed by atoms with E-state index in [1.54, 1.807) is 48.8 Å². The molecule has 6 rings (SSSR count). The van der Waals surface area contributed by atoms with Gasteiger partial charge in [0.25, 0.3) is 11.8 Å². The average molecular weight is 832 g/mol. The van der Waals surface area contributed by atoms with Crippen LogP contribution in [0, 0.1) is 7.14 Å². The van der Waals surface area contributed by atoms with Gasteiger partial charge in [-0.1, -0.05) is 24.3 Å². The van der Waals surface area contributed by atoms with E-state index in [1.807, 2.05) is 72.8 Å². The molecular formula is C34H26I2N8O2. The van der Waals surface area contributed by atoms with Gasteiger partial charge in [0.15, 0.2) is 0 Å². The molecule has 2 aromatic heterocycles. The summed E-state index contributed by atoms with van der Waals surface area (Å²) in [7, 11) is 0. The van der Waals surface area contributed by atoms with Crippen molar-refractivity contribution in [2.75, 3.05) is 22.1 Å². The lowest BCUT2D eigenvalue weighted by molar-refractivity contribution is 0.101. The van der Waals surface area contributed by atoms with Crippen LogP contribution in [0.5, 0.6) is 0 Å². The van der Waals surface area contributed by atoms with Gasteiger partial charge in [-0.25, -0.2) is 19.9 Å². The molecule has 2 heterocycles. The van der Waals surface area contributed by atoms with Crippen LogP contribution in [0.2, 0.25) is 0 Å². The van der Waals surface area contributed by atoms with E-state index in [0.29, 0.717) is 11.1 Å². The number of halogens is 2. The number of carbonyl (C=O) groups excluding carboxylic acids is 2. The van der Waals surface area contributed by atoms with Crippen LogP contribution in [-0.2, 0) is 0 Å². The van der Waals surface area contributed by atoms with Gasteiger partial charge in [-0.3, -0.25) is 9.59 Å². The third-order valence-electron chi connectivity index (χ3n) is 6.44. The van der Waals surface area contributed by atoms with Crippen LogP contribution in [0.15, 0.2) is 122 Å². The molecule has 0 unspecified atom stereocenters. The second-order valence-corrected chi connectivity index (χ2v) is 12.2. The highest BCUT2D eigenvalue weighted by Gasteiger charge is 2.08. The maximum atomic E-state index is 12.2. The number of benzene rings is 4. The lowest BCUT2D eigenvalue weighted by Crippen LogP contribution is -2.11. The zero-order valence-electron chi connectivity index (χ0n) is 24.1. The first-order valence-electron chi connectivity index (χ1n) is 13.8. The molecule has 0 aliphatic rings. The predicted octanol–water partition coefficient (Wildman–Crippen LogP) is 7.17. The Labute approximate surface area is 292 Å². The topological polar surface area (TPSA) is 162 Å². The maximum absolute atomic E-state index is 12.2. The summed E-state index contributed by atoms with van der Waals surface area (Å²) in [5.74, 6) is 0.193. The van der Waals surface area contributed by atoms with Crippen molar-refractivity contribution >= 4 is 80.3 Å². The molecule has 0 saturated carbocycles. The summed E-state index contributed by atoms with van der Waals surface area (Å²) in [6.45, 7) is 0. The fourth-order valence-corrected chi connectivity index (χ4v) is 4.85. The van der Waals surface area contributed by atoms with Crippen molar-refractivity contribution in [2.45, 2.75) is 0 Å². The third kappa shape index (κ3) is 9.04. The highest BCUT2D eigenvalue weighted by Crippen LogP contribution is 2.22. The number of rotatable bonds is 6. The summed E-state index contributed by atoms with van der Waals surface area (Å²) in [5, 5.41) is 5.74. The Morgan fingerprint density at radius 2 is 0.848 bits per heavy atom. The van der Waals surface area contributed by atoms with Crippen LogP contribution >= 0.6 is 45.2 Å². The Morgan fingerprint density at radius 1 is 0.500 bits per heavy atom. The van der Waals surface area contributed by atoms with Crippen LogP contribution in [-0.4, -0.2) is 31.8 Å². The zero-order chi connectivity index (χ0) is 32.5. The van der Waals surface area contributed by atoms with Gasteiger partial charge in [0.2, 0.25) is 11.9 Å². The van der Waals surface area contributed by atoms with E-state index in [-0.39, 0.29) is 23.7 Å². The normalized spacial score (nSPS) is 10.3. The first-order chi connectivity index (χ1) is 22.2. The van der Waals surface area contributed by atoms with Gasteiger partial charge in [-0.2, -0.15) is 0 Å². The second-order valence-electron chi connectivity index (χ2n) is 9.68. The summed E-state index contributed by atoms with van der Waals surface area (Å²) in [6.07, 6.45) is 3.23. The standard InChI is InChI=1S/2C17H13IN4O/c2*18-13-5-1-12(2-6-13)16(23)21-14-7-3-11(4-8-14)15-9-10-20-17(19)22-15/h2*1-10H,(H,21,23)(H2,19,20,22). The first-order valence-corrected chi connectivity index (χ1v) is 15.9. The predicted molar refractivity (Wildman–Crippen MR) is 198 cm³/mol. The van der Waals surface area contributed by atoms with Gasteiger partial charge in [0.1, 0.15) is 0 Å². The minimum atomic E-state index is -0.138. The van der Waals surface area contributed by atoms with Crippen molar-refractivity contribution in [1.29, 1.82) is 0 Å². The fourth-order valence-electron chi connectivity index (χ4n) is 4.13. The fraction of sp³-hybridized carbons (Fsp3) is 0. The van der Waals surface area contributed by atoms with Crippen molar-refractivity contribution in [3.8, 4) is 22.5 Å². The summed E-state index contributed by atoms with van der Waals surface area (Å²) >= 11 is 4.41. The van der Waals surface area contributed by atoms with Crippen molar-refractivity contribution in [3.63, 3.8) is 0 Å². The first kappa shape index (κ1) is 32.4. The minimum absolute atomic E-state index is 0.138. The van der Waals surface area contributed by atoms with E-state index in [1.165, 1.54) is 0 Å². The molecule has 0 aliphatic heterocycles. The molecule has 0 atom stereocenters. The maximum Gasteiger partial charge on any atom is 0.255 e. The largest absolute Gasteiger partial charge is 0.368 e. The molecule has 2 amide bonds. The van der Waals surface area contributed by atoms with E-state index in [4.69, 9.17) is 11.5 Å². The number of nitrogens with zero attached hydrogens (tertiary/aromatic N) is 4. The molecule has 0 saturated heterocycles. The van der Waals surface area contributed by atoms with Gasteiger partial charge >= 0.3 is 0 Å². The molecule has 6 N–H and O–H groups in total. The Morgan fingerprint density at radius 3 is 1.17 bits per heavy atom. The van der Waals surface area contributed by atoms with E-state index in [2.05, 4.69) is 75.8 Å². The van der Waals surface area contributed by atoms with Crippen molar-refractivity contribution in [1.82, 2.24) is 19.9 Å². The number of nitrogens with one attached hydrogen (secondary N) is 2. The second kappa shape index (κ2) is 15.4. The number of carbonyl (C=O) groups is 2. The number of amides is 2. The molecule has 0 aliphatic carbocycles. The van der Waals surface area contributed by atoms with E-state index in [9.17, 15) is 9.59 Å². The van der Waals surface area contributed by atoms with Crippen molar-refractivity contribution < 1.29 is 9.59 Å². The highest BCUT2D eigenvalue weighted by atomic mass is 127. The van der Waals surface area contributed by atoms with Gasteiger partial charge in [-0.05, 0) is 130 Å². The summed E-state index contributed by atoms with van der Waals surface area (Å²) in [5.41, 5.74) is 17.2. The molecule has 10 nitrogen and oxygen atoms in total. The molecule has 46 heavy (non-hydrogen) atoms. The van der Waals surface area contributed by atoms with E-state index in [0.717, 1.165) is 41.0 Å². The van der Waals surface area contributed by atoms with Crippen LogP contribution in [0.4, 0.5) is 23.3 Å². The number of nitrogen functional groups attached to an aromatic ring is 2. The van der Waals surface area contributed by atoms with Crippen LogP contribution < -0.4 is 22.1 Å². The van der Waals surface area contributed by atoms with Gasteiger partial charge in [-0.15, -0.1) is 0 Å². The summed E-state index contributed by atoms with van der Waals surface area (Å²) in [4.78, 5) is 40.4. The molecule has 228 valence electrons. The monoisotopic (exact) mass is 832 g/mol. The van der Waals surface area contributed by atoms with Crippen molar-refractivity contribution in [2.24, 2.45) is 0 Å². The average Bonchev–Trinajstić information content (AvgIpc) is 3.06. The number of aromatic nitrogens is 4. The molecule has 6 aromatic rings. The Balaban J connectivity index is 0.000000181. The van der Waals surface area contributed by atoms with Gasteiger partial charge in [0.05, 0.1) is 11.4 Å². The van der Waals surface area contributed by atoms with Crippen LogP contribution in [0.1, 0.15) is 20.7 Å². The Kier molecular flexibility index (Phi) is 10.8. The van der Waals surface area contributed by atoms with Crippen LogP contribution in [0.25, 0.3) is 22.5 Å². The number of hydrogen-bond acceptors (Lipinski definition) is 8. The lowest BCUT2D eigenvalue weighted by Gasteiger charge is -2.07. The van der Waals surface area contributed by atoms with E-state index < -0.39 is 0 Å². The Bertz CT molecular complexity index is 1810. The molecule has 0 spiro atoms. The molecular weight excluding hydrogens is 806 g/mol. The SMILES string of the molecule is Nc1nccc(-c2ccc(NC(=O)c3ccc(I)cc3)cc2)n1.Nc1nccc(-c2ccc(NC(=O)c3ccc(I)cc3)cc2)n1.